The molecule has 2 rings (SSSR count). The largest absolute Gasteiger partial charge is 0.481 e. The highest BCUT2D eigenvalue weighted by Crippen LogP contribution is 2.29. The van der Waals surface area contributed by atoms with Crippen LogP contribution in [0.2, 0.25) is 0 Å². The highest BCUT2D eigenvalue weighted by molar-refractivity contribution is 8.00. The fourth-order valence-electron chi connectivity index (χ4n) is 2.59. The molecule has 0 radical (unpaired) electrons. The van der Waals surface area contributed by atoms with E-state index in [-0.39, 0.29) is 48.5 Å². The second kappa shape index (κ2) is 17.2. The van der Waals surface area contributed by atoms with E-state index in [0.29, 0.717) is 5.75 Å². The lowest BCUT2D eigenvalue weighted by molar-refractivity contribution is -0.146. The first-order chi connectivity index (χ1) is 16.5. The summed E-state index contributed by atoms with van der Waals surface area (Å²) in [4.78, 5) is 47.3. The van der Waals surface area contributed by atoms with E-state index in [0.717, 1.165) is 11.1 Å². The molecule has 2 N–H and O–H groups in total. The van der Waals surface area contributed by atoms with Crippen molar-refractivity contribution >= 4 is 35.5 Å². The van der Waals surface area contributed by atoms with Gasteiger partial charge in [0.25, 0.3) is 0 Å². The summed E-state index contributed by atoms with van der Waals surface area (Å²) >= 11 is 1.47. The van der Waals surface area contributed by atoms with Gasteiger partial charge in [0.15, 0.2) is 0 Å². The Kier molecular flexibility index (Phi) is 15.6. The number of rotatable bonds is 10. The van der Waals surface area contributed by atoms with Crippen molar-refractivity contribution in [2.24, 2.45) is 5.92 Å². The maximum Gasteiger partial charge on any atom is 0.306 e. The summed E-state index contributed by atoms with van der Waals surface area (Å²) in [7, 11) is 1.70. The lowest BCUT2D eigenvalue weighted by atomic mass is 10.1. The maximum absolute atomic E-state index is 12.2. The molecular weight excluding hydrogens is 468 g/mol. The molecule has 0 saturated carbocycles. The zero-order valence-corrected chi connectivity index (χ0v) is 21.8. The molecular formula is C26H36N2O6S. The van der Waals surface area contributed by atoms with Crippen LogP contribution in [0.1, 0.15) is 39.7 Å². The van der Waals surface area contributed by atoms with Crippen LogP contribution in [-0.2, 0) is 30.3 Å². The number of hydrogen-bond donors (Lipinski definition) is 2. The van der Waals surface area contributed by atoms with Crippen LogP contribution in [0.15, 0.2) is 42.0 Å². The Hall–Kier alpha value is -3.25. The number of nitrogens with one attached hydrogen (secondary N) is 1. The summed E-state index contributed by atoms with van der Waals surface area (Å²) in [5, 5.41) is 10.6. The lowest BCUT2D eigenvalue weighted by Gasteiger charge is -2.44. The Labute approximate surface area is 212 Å². The number of likely N-dealkylation sites (tertiary alicyclic amines) is 1. The monoisotopic (exact) mass is 504 g/mol. The molecule has 0 aliphatic carbocycles. The lowest BCUT2D eigenvalue weighted by Crippen LogP contribution is -2.68. The molecule has 1 saturated heterocycles. The number of carboxylic acid groups (broad SMARTS) is 1. The molecule has 192 valence electrons. The zero-order chi connectivity index (χ0) is 27.0. The molecule has 0 unspecified atom stereocenters. The van der Waals surface area contributed by atoms with Crippen molar-refractivity contribution in [3.05, 3.63) is 47.5 Å². The third kappa shape index (κ3) is 12.7. The standard InChI is InChI=1S/C20H26N2O4S.C4H8O2.C2H2/c1-14(2)9-11-26-17(24)10-12-27-20-18(19(25)22(20)3)21-16(23)13-15-7-5-4-6-8-15;1-3(2)4(5)6;1-2/h4-9,18,20H,10-13H2,1-3H3,(H,21,23);3H,1-2H3,(H,5,6);1-2H/t18-,20-;;/m1../s1. The quantitative estimate of drug-likeness (QED) is 0.218. The fraction of sp³-hybridized carbons (Fsp3) is 0.462. The van der Waals surface area contributed by atoms with Crippen molar-refractivity contribution in [1.29, 1.82) is 0 Å². The molecule has 35 heavy (non-hydrogen) atoms. The van der Waals surface area contributed by atoms with E-state index in [1.54, 1.807) is 25.8 Å². The van der Waals surface area contributed by atoms with Gasteiger partial charge in [-0.05, 0) is 25.5 Å². The van der Waals surface area contributed by atoms with Crippen molar-refractivity contribution in [2.45, 2.75) is 52.0 Å². The van der Waals surface area contributed by atoms with E-state index in [1.165, 1.54) is 11.8 Å². The maximum atomic E-state index is 12.2. The molecule has 1 fully saturated rings. The van der Waals surface area contributed by atoms with Crippen LogP contribution < -0.4 is 5.32 Å². The summed E-state index contributed by atoms with van der Waals surface area (Å²) < 4.78 is 5.11. The SMILES string of the molecule is C#C.CC(C)=CCOC(=O)CCS[C@@H]1[C@H](NC(=O)Cc2ccccc2)C(=O)N1C.CC(C)C(=O)O. The molecule has 8 nitrogen and oxygen atoms in total. The minimum absolute atomic E-state index is 0.111. The number of amides is 2. The van der Waals surface area contributed by atoms with Gasteiger partial charge in [-0.15, -0.1) is 24.6 Å². The van der Waals surface area contributed by atoms with E-state index in [1.807, 2.05) is 50.3 Å². The average Bonchev–Trinajstić information content (AvgIpc) is 2.82. The fourth-order valence-corrected chi connectivity index (χ4v) is 3.82. The first-order valence-corrected chi connectivity index (χ1v) is 12.1. The Balaban J connectivity index is 0.00000126. The van der Waals surface area contributed by atoms with Crippen LogP contribution in [0.3, 0.4) is 0 Å². The molecule has 9 heteroatoms. The van der Waals surface area contributed by atoms with Crippen LogP contribution in [0.4, 0.5) is 0 Å². The van der Waals surface area contributed by atoms with Crippen LogP contribution >= 0.6 is 11.8 Å². The van der Waals surface area contributed by atoms with Crippen molar-refractivity contribution < 1.29 is 29.0 Å². The summed E-state index contributed by atoms with van der Waals surface area (Å²) in [5.74, 6) is -1.00. The second-order valence-electron chi connectivity index (χ2n) is 8.13. The Morgan fingerprint density at radius 3 is 2.29 bits per heavy atom. The van der Waals surface area contributed by atoms with Crippen molar-refractivity contribution in [3.8, 4) is 12.8 Å². The number of carboxylic acids is 1. The number of hydrogen-bond acceptors (Lipinski definition) is 6. The van der Waals surface area contributed by atoms with Gasteiger partial charge in [-0.2, -0.15) is 0 Å². The van der Waals surface area contributed by atoms with Crippen LogP contribution in [0.5, 0.6) is 0 Å². The van der Waals surface area contributed by atoms with Crippen LogP contribution in [0.25, 0.3) is 0 Å². The molecule has 0 aromatic heterocycles. The third-order valence-corrected chi connectivity index (χ3v) is 6.00. The topological polar surface area (TPSA) is 113 Å². The predicted molar refractivity (Wildman–Crippen MR) is 138 cm³/mol. The van der Waals surface area contributed by atoms with E-state index < -0.39 is 12.0 Å². The van der Waals surface area contributed by atoms with E-state index in [2.05, 4.69) is 18.2 Å². The van der Waals surface area contributed by atoms with Gasteiger partial charge in [-0.25, -0.2) is 0 Å². The summed E-state index contributed by atoms with van der Waals surface area (Å²) in [6.07, 6.45) is 10.4. The van der Waals surface area contributed by atoms with Gasteiger partial charge in [-0.1, -0.05) is 49.8 Å². The first kappa shape index (κ1) is 31.8. The number of esters is 1. The van der Waals surface area contributed by atoms with Crippen LogP contribution in [0, 0.1) is 18.8 Å². The number of allylic oxidation sites excluding steroid dienone is 1. The number of nitrogens with zero attached hydrogens (tertiary/aromatic N) is 1. The molecule has 1 heterocycles. The summed E-state index contributed by atoms with van der Waals surface area (Å²) in [6, 6.07) is 8.85. The van der Waals surface area contributed by atoms with Gasteiger partial charge in [0.1, 0.15) is 18.0 Å². The van der Waals surface area contributed by atoms with Crippen molar-refractivity contribution in [3.63, 3.8) is 0 Å². The molecule has 1 aliphatic rings. The Morgan fingerprint density at radius 1 is 1.20 bits per heavy atom. The highest BCUT2D eigenvalue weighted by Gasteiger charge is 2.46. The number of β-lactam (4-membered cyclic amide) rings is 1. The van der Waals surface area contributed by atoms with E-state index in [9.17, 15) is 19.2 Å². The first-order valence-electron chi connectivity index (χ1n) is 11.1. The zero-order valence-electron chi connectivity index (χ0n) is 21.0. The summed E-state index contributed by atoms with van der Waals surface area (Å²) in [6.45, 7) is 7.45. The molecule has 0 bridgehead atoms. The number of carbonyl (C=O) groups is 4. The van der Waals surface area contributed by atoms with Crippen LogP contribution in [-0.4, -0.2) is 64.6 Å². The van der Waals surface area contributed by atoms with Gasteiger partial charge < -0.3 is 20.1 Å². The van der Waals surface area contributed by atoms with Gasteiger partial charge >= 0.3 is 11.9 Å². The van der Waals surface area contributed by atoms with Crippen molar-refractivity contribution in [1.82, 2.24) is 10.2 Å². The predicted octanol–water partition coefficient (Wildman–Crippen LogP) is 3.12. The smallest absolute Gasteiger partial charge is 0.306 e. The molecule has 0 spiro atoms. The number of benzene rings is 1. The number of aliphatic carboxylic acids is 1. The minimum Gasteiger partial charge on any atom is -0.481 e. The second-order valence-corrected chi connectivity index (χ2v) is 9.35. The van der Waals surface area contributed by atoms with Gasteiger partial charge in [0.05, 0.1) is 18.8 Å². The number of likely N-dealkylation sites (N-methyl/N-ethyl adjacent to an activating group) is 1. The number of thioether (sulfide) groups is 1. The van der Waals surface area contributed by atoms with Gasteiger partial charge in [-0.3, -0.25) is 19.2 Å². The molecule has 1 aliphatic heterocycles. The Morgan fingerprint density at radius 2 is 1.77 bits per heavy atom. The van der Waals surface area contributed by atoms with E-state index in [4.69, 9.17) is 9.84 Å². The summed E-state index contributed by atoms with van der Waals surface area (Å²) in [5.41, 5.74) is 2.00. The number of ether oxygens (including phenoxy) is 1. The van der Waals surface area contributed by atoms with Gasteiger partial charge in [0, 0.05) is 12.8 Å². The number of carbonyl (C=O) groups excluding carboxylic acids is 3. The van der Waals surface area contributed by atoms with Crippen molar-refractivity contribution in [2.75, 3.05) is 19.4 Å². The molecule has 1 aromatic rings. The average molecular weight is 505 g/mol. The third-order valence-electron chi connectivity index (χ3n) is 4.63. The molecule has 1 aromatic carbocycles. The highest BCUT2D eigenvalue weighted by atomic mass is 32.2. The molecule has 2 atom stereocenters. The molecule has 2 amide bonds. The normalized spacial score (nSPS) is 15.9. The number of terminal acetylenes is 1. The van der Waals surface area contributed by atoms with E-state index >= 15 is 0 Å². The van der Waals surface area contributed by atoms with Gasteiger partial charge in [0.2, 0.25) is 11.8 Å². The Bertz CT molecular complexity index is 878. The minimum atomic E-state index is -0.741.